The van der Waals surface area contributed by atoms with Gasteiger partial charge in [0.1, 0.15) is 0 Å². The van der Waals surface area contributed by atoms with Gasteiger partial charge in [-0.15, -0.1) is 5.10 Å². The molecule has 0 radical (unpaired) electrons. The second-order valence-electron chi connectivity index (χ2n) is 8.96. The molecule has 2 aromatic rings. The minimum absolute atomic E-state index is 0.0388. The maximum atomic E-state index is 13.0. The largest absolute Gasteiger partial charge is 0.416 e. The molecule has 2 aliphatic rings. The number of hydrogen-bond donors (Lipinski definition) is 0. The third kappa shape index (κ3) is 5.31. The molecule has 174 valence electrons. The molecule has 1 atom stereocenters. The van der Waals surface area contributed by atoms with E-state index in [0.29, 0.717) is 17.7 Å². The van der Waals surface area contributed by atoms with Gasteiger partial charge in [-0.3, -0.25) is 4.79 Å². The SMILES string of the molecule is CC(Cc1cccc(C(F)(F)F)c1)N1CCC(n2cc(C(=O)N3CCCCC3)nn2)CC1. The van der Waals surface area contributed by atoms with Crippen LogP contribution in [0.5, 0.6) is 0 Å². The van der Waals surface area contributed by atoms with Crippen LogP contribution < -0.4 is 0 Å². The van der Waals surface area contributed by atoms with E-state index in [-0.39, 0.29) is 18.0 Å². The first kappa shape index (κ1) is 22.8. The summed E-state index contributed by atoms with van der Waals surface area (Å²) in [7, 11) is 0. The van der Waals surface area contributed by atoms with Gasteiger partial charge < -0.3 is 9.80 Å². The maximum absolute atomic E-state index is 13.0. The van der Waals surface area contributed by atoms with Crippen molar-refractivity contribution in [2.24, 2.45) is 0 Å². The number of carbonyl (C=O) groups excluding carboxylic acids is 1. The molecule has 1 aromatic carbocycles. The van der Waals surface area contributed by atoms with Gasteiger partial charge in [-0.1, -0.05) is 23.4 Å². The molecule has 1 amide bonds. The van der Waals surface area contributed by atoms with Gasteiger partial charge in [-0.25, -0.2) is 4.68 Å². The summed E-state index contributed by atoms with van der Waals surface area (Å²) in [5.74, 6) is -0.0388. The highest BCUT2D eigenvalue weighted by Crippen LogP contribution is 2.30. The van der Waals surface area contributed by atoms with E-state index in [4.69, 9.17) is 0 Å². The van der Waals surface area contributed by atoms with E-state index in [1.165, 1.54) is 18.6 Å². The smallest absolute Gasteiger partial charge is 0.337 e. The van der Waals surface area contributed by atoms with Gasteiger partial charge >= 0.3 is 6.18 Å². The summed E-state index contributed by atoms with van der Waals surface area (Å²) in [4.78, 5) is 16.8. The number of alkyl halides is 3. The minimum Gasteiger partial charge on any atom is -0.337 e. The Labute approximate surface area is 186 Å². The number of halogens is 3. The molecule has 0 saturated carbocycles. The average molecular weight is 450 g/mol. The van der Waals surface area contributed by atoms with Crippen molar-refractivity contribution in [3.63, 3.8) is 0 Å². The second-order valence-corrected chi connectivity index (χ2v) is 8.96. The quantitative estimate of drug-likeness (QED) is 0.687. The molecule has 9 heteroatoms. The maximum Gasteiger partial charge on any atom is 0.416 e. The Morgan fingerprint density at radius 2 is 1.84 bits per heavy atom. The lowest BCUT2D eigenvalue weighted by Crippen LogP contribution is -2.41. The lowest BCUT2D eigenvalue weighted by atomic mass is 9.99. The van der Waals surface area contributed by atoms with Crippen LogP contribution in [0.4, 0.5) is 13.2 Å². The third-order valence-corrected chi connectivity index (χ3v) is 6.65. The Balaban J connectivity index is 1.30. The molecule has 6 nitrogen and oxygen atoms in total. The lowest BCUT2D eigenvalue weighted by molar-refractivity contribution is -0.137. The predicted octanol–water partition coefficient (Wildman–Crippen LogP) is 4.19. The van der Waals surface area contributed by atoms with E-state index in [1.54, 1.807) is 12.3 Å². The molecule has 0 N–H and O–H groups in total. The van der Waals surface area contributed by atoms with Crippen molar-refractivity contribution in [1.82, 2.24) is 24.8 Å². The Morgan fingerprint density at radius 3 is 2.53 bits per heavy atom. The first-order chi connectivity index (χ1) is 15.3. The number of carbonyl (C=O) groups is 1. The summed E-state index contributed by atoms with van der Waals surface area (Å²) >= 11 is 0. The van der Waals surface area contributed by atoms with Crippen molar-refractivity contribution >= 4 is 5.91 Å². The van der Waals surface area contributed by atoms with Gasteiger partial charge in [0.25, 0.3) is 5.91 Å². The zero-order valence-corrected chi connectivity index (χ0v) is 18.4. The molecular weight excluding hydrogens is 419 g/mol. The van der Waals surface area contributed by atoms with Crippen molar-refractivity contribution in [2.45, 2.75) is 63.7 Å². The van der Waals surface area contributed by atoms with E-state index < -0.39 is 11.7 Å². The van der Waals surface area contributed by atoms with Crippen molar-refractivity contribution < 1.29 is 18.0 Å². The highest BCUT2D eigenvalue weighted by molar-refractivity contribution is 5.91. The molecule has 0 bridgehead atoms. The molecule has 4 rings (SSSR count). The summed E-state index contributed by atoms with van der Waals surface area (Å²) in [5, 5.41) is 8.34. The third-order valence-electron chi connectivity index (χ3n) is 6.65. The van der Waals surface area contributed by atoms with Gasteiger partial charge in [0.05, 0.1) is 17.8 Å². The zero-order chi connectivity index (χ0) is 22.7. The van der Waals surface area contributed by atoms with Crippen LogP contribution in [0, 0.1) is 0 Å². The van der Waals surface area contributed by atoms with Crippen LogP contribution >= 0.6 is 0 Å². The Hall–Kier alpha value is -2.42. The standard InChI is InChI=1S/C23H30F3N5O/c1-17(14-18-6-5-7-19(15-18)23(24,25)26)29-12-8-20(9-13-29)31-16-21(27-28-31)22(32)30-10-3-2-4-11-30/h5-7,15-17,20H,2-4,8-14H2,1H3. The predicted molar refractivity (Wildman–Crippen MR) is 114 cm³/mol. The molecule has 2 saturated heterocycles. The van der Waals surface area contributed by atoms with Gasteiger partial charge in [-0.2, -0.15) is 13.2 Å². The fraction of sp³-hybridized carbons (Fsp3) is 0.609. The minimum atomic E-state index is -4.32. The fourth-order valence-corrected chi connectivity index (χ4v) is 4.75. The number of nitrogens with zero attached hydrogens (tertiary/aromatic N) is 5. The first-order valence-electron chi connectivity index (χ1n) is 11.4. The van der Waals surface area contributed by atoms with Crippen LogP contribution in [-0.4, -0.2) is 62.9 Å². The molecule has 2 aliphatic heterocycles. The van der Waals surface area contributed by atoms with Crippen LogP contribution in [0.15, 0.2) is 30.5 Å². The van der Waals surface area contributed by atoms with Crippen molar-refractivity contribution in [2.75, 3.05) is 26.2 Å². The van der Waals surface area contributed by atoms with E-state index in [0.717, 1.165) is 57.9 Å². The van der Waals surface area contributed by atoms with Crippen LogP contribution in [0.25, 0.3) is 0 Å². The summed E-state index contributed by atoms with van der Waals surface area (Å²) in [6.45, 7) is 5.30. The number of rotatable bonds is 5. The molecule has 1 aromatic heterocycles. The summed E-state index contributed by atoms with van der Waals surface area (Å²) in [6.07, 6.45) is 3.01. The molecule has 0 aliphatic carbocycles. The first-order valence-corrected chi connectivity index (χ1v) is 11.4. The summed E-state index contributed by atoms with van der Waals surface area (Å²) in [6, 6.07) is 5.93. The number of amides is 1. The Morgan fingerprint density at radius 1 is 1.12 bits per heavy atom. The van der Waals surface area contributed by atoms with Gasteiger partial charge in [0.2, 0.25) is 0 Å². The summed E-state index contributed by atoms with van der Waals surface area (Å²) in [5.41, 5.74) is 0.515. The van der Waals surface area contributed by atoms with Crippen molar-refractivity contribution in [3.8, 4) is 0 Å². The number of aromatic nitrogens is 3. The van der Waals surface area contributed by atoms with E-state index in [2.05, 4.69) is 22.1 Å². The lowest BCUT2D eigenvalue weighted by Gasteiger charge is -2.36. The molecule has 0 spiro atoms. The van der Waals surface area contributed by atoms with Crippen LogP contribution in [0.1, 0.15) is 66.7 Å². The molecule has 32 heavy (non-hydrogen) atoms. The highest BCUT2D eigenvalue weighted by Gasteiger charge is 2.31. The molecular formula is C23H30F3N5O. The van der Waals surface area contributed by atoms with Gasteiger partial charge in [0, 0.05) is 32.2 Å². The Bertz CT molecular complexity index is 914. The van der Waals surface area contributed by atoms with Gasteiger partial charge in [0.15, 0.2) is 5.69 Å². The second kappa shape index (κ2) is 9.60. The topological polar surface area (TPSA) is 54.3 Å². The molecule has 1 unspecified atom stereocenters. The zero-order valence-electron chi connectivity index (χ0n) is 18.4. The number of likely N-dealkylation sites (tertiary alicyclic amines) is 2. The summed E-state index contributed by atoms with van der Waals surface area (Å²) < 4.78 is 40.7. The fourth-order valence-electron chi connectivity index (χ4n) is 4.75. The van der Waals surface area contributed by atoms with Crippen LogP contribution in [0.2, 0.25) is 0 Å². The van der Waals surface area contributed by atoms with Crippen molar-refractivity contribution in [3.05, 3.63) is 47.3 Å². The van der Waals surface area contributed by atoms with Crippen LogP contribution in [0.3, 0.4) is 0 Å². The molecule has 2 fully saturated rings. The number of piperidine rings is 2. The normalized spacial score (nSPS) is 19.8. The average Bonchev–Trinajstić information content (AvgIpc) is 3.29. The van der Waals surface area contributed by atoms with E-state index >= 15 is 0 Å². The Kier molecular flexibility index (Phi) is 6.83. The monoisotopic (exact) mass is 449 g/mol. The van der Waals surface area contributed by atoms with Crippen molar-refractivity contribution in [1.29, 1.82) is 0 Å². The highest BCUT2D eigenvalue weighted by atomic mass is 19.4. The van der Waals surface area contributed by atoms with Gasteiger partial charge in [-0.05, 0) is 57.1 Å². The molecule has 3 heterocycles. The number of benzene rings is 1. The van der Waals surface area contributed by atoms with E-state index in [1.807, 2.05) is 9.58 Å². The van der Waals surface area contributed by atoms with E-state index in [9.17, 15) is 18.0 Å². The van der Waals surface area contributed by atoms with Crippen LogP contribution in [-0.2, 0) is 12.6 Å². The number of hydrogen-bond acceptors (Lipinski definition) is 4.